The summed E-state index contributed by atoms with van der Waals surface area (Å²) in [6.07, 6.45) is 0. The van der Waals surface area contributed by atoms with Gasteiger partial charge in [-0.25, -0.2) is 8.42 Å². The highest BCUT2D eigenvalue weighted by Gasteiger charge is 2.23. The number of amides is 1. The maximum absolute atomic E-state index is 12.2. The SMILES string of the molecule is CNC(=O)c1ccccc1C#CCNS(=O)(=O)c1c(C)noc1C. The van der Waals surface area contributed by atoms with Gasteiger partial charge >= 0.3 is 0 Å². The van der Waals surface area contributed by atoms with E-state index in [1.54, 1.807) is 31.2 Å². The highest BCUT2D eigenvalue weighted by atomic mass is 32.2. The number of aryl methyl sites for hydroxylation is 2. The molecule has 0 unspecified atom stereocenters. The van der Waals surface area contributed by atoms with Crippen molar-refractivity contribution in [2.75, 3.05) is 13.6 Å². The van der Waals surface area contributed by atoms with Gasteiger partial charge in [0.25, 0.3) is 5.91 Å². The van der Waals surface area contributed by atoms with Crippen LogP contribution in [-0.4, -0.2) is 33.1 Å². The average Bonchev–Trinajstić information content (AvgIpc) is 2.90. The van der Waals surface area contributed by atoms with E-state index in [0.717, 1.165) is 0 Å². The fourth-order valence-electron chi connectivity index (χ4n) is 2.13. The van der Waals surface area contributed by atoms with E-state index in [0.29, 0.717) is 11.1 Å². The highest BCUT2D eigenvalue weighted by Crippen LogP contribution is 2.18. The van der Waals surface area contributed by atoms with E-state index in [9.17, 15) is 13.2 Å². The lowest BCUT2D eigenvalue weighted by Crippen LogP contribution is -2.25. The first kappa shape index (κ1) is 17.7. The summed E-state index contributed by atoms with van der Waals surface area (Å²) in [4.78, 5) is 11.8. The molecule has 8 heteroatoms. The molecular formula is C16H17N3O4S. The van der Waals surface area contributed by atoms with Gasteiger partial charge in [-0.2, -0.15) is 4.72 Å². The Morgan fingerprint density at radius 2 is 2.00 bits per heavy atom. The lowest BCUT2D eigenvalue weighted by atomic mass is 10.1. The number of carbonyl (C=O) groups is 1. The molecule has 2 N–H and O–H groups in total. The quantitative estimate of drug-likeness (QED) is 0.803. The minimum Gasteiger partial charge on any atom is -0.360 e. The van der Waals surface area contributed by atoms with Crippen LogP contribution in [0.1, 0.15) is 27.4 Å². The third-order valence-corrected chi connectivity index (χ3v) is 4.85. The molecule has 0 saturated heterocycles. The van der Waals surface area contributed by atoms with Crippen LogP contribution in [0.5, 0.6) is 0 Å². The van der Waals surface area contributed by atoms with Gasteiger partial charge in [-0.1, -0.05) is 29.1 Å². The van der Waals surface area contributed by atoms with Gasteiger partial charge in [0.05, 0.1) is 12.1 Å². The summed E-state index contributed by atoms with van der Waals surface area (Å²) in [6, 6.07) is 6.83. The minimum absolute atomic E-state index is 0.0232. The molecule has 126 valence electrons. The molecule has 7 nitrogen and oxygen atoms in total. The van der Waals surface area contributed by atoms with Crippen molar-refractivity contribution >= 4 is 15.9 Å². The van der Waals surface area contributed by atoms with Crippen molar-refractivity contribution in [2.24, 2.45) is 0 Å². The average molecular weight is 347 g/mol. The third kappa shape index (κ3) is 3.82. The highest BCUT2D eigenvalue weighted by molar-refractivity contribution is 7.89. The largest absolute Gasteiger partial charge is 0.360 e. The van der Waals surface area contributed by atoms with E-state index in [1.807, 2.05) is 0 Å². The number of carbonyl (C=O) groups excluding carboxylic acids is 1. The summed E-state index contributed by atoms with van der Waals surface area (Å²) < 4.78 is 31.7. The molecule has 1 aromatic carbocycles. The Balaban J connectivity index is 2.14. The Morgan fingerprint density at radius 3 is 2.62 bits per heavy atom. The Kier molecular flexibility index (Phi) is 5.39. The van der Waals surface area contributed by atoms with E-state index in [1.165, 1.54) is 14.0 Å². The van der Waals surface area contributed by atoms with Gasteiger partial charge in [0.15, 0.2) is 5.76 Å². The number of nitrogens with zero attached hydrogens (tertiary/aromatic N) is 1. The molecule has 1 heterocycles. The second-order valence-electron chi connectivity index (χ2n) is 4.90. The summed E-state index contributed by atoms with van der Waals surface area (Å²) in [6.45, 7) is 2.98. The molecule has 0 aliphatic heterocycles. The Labute approximate surface area is 140 Å². The molecule has 0 spiro atoms. The minimum atomic E-state index is -3.75. The lowest BCUT2D eigenvalue weighted by molar-refractivity contribution is 0.0963. The second-order valence-corrected chi connectivity index (χ2v) is 6.61. The molecule has 0 atom stereocenters. The van der Waals surface area contributed by atoms with Crippen LogP contribution in [-0.2, 0) is 10.0 Å². The molecule has 0 aliphatic carbocycles. The van der Waals surface area contributed by atoms with Crippen LogP contribution >= 0.6 is 0 Å². The molecule has 24 heavy (non-hydrogen) atoms. The zero-order chi connectivity index (χ0) is 17.7. The summed E-state index contributed by atoms with van der Waals surface area (Å²) in [5.41, 5.74) is 1.24. The molecule has 0 fully saturated rings. The van der Waals surface area contributed by atoms with Crippen LogP contribution in [0.4, 0.5) is 0 Å². The molecule has 2 rings (SSSR count). The van der Waals surface area contributed by atoms with Gasteiger partial charge in [0, 0.05) is 12.6 Å². The normalized spacial score (nSPS) is 10.8. The lowest BCUT2D eigenvalue weighted by Gasteiger charge is -2.03. The molecular weight excluding hydrogens is 330 g/mol. The number of hydrogen-bond donors (Lipinski definition) is 2. The smallest absolute Gasteiger partial charge is 0.252 e. The van der Waals surface area contributed by atoms with Crippen LogP contribution in [0, 0.1) is 25.7 Å². The molecule has 1 aromatic heterocycles. The summed E-state index contributed by atoms with van der Waals surface area (Å²) >= 11 is 0. The molecule has 0 bridgehead atoms. The number of sulfonamides is 1. The van der Waals surface area contributed by atoms with Crippen molar-refractivity contribution < 1.29 is 17.7 Å². The molecule has 1 amide bonds. The van der Waals surface area contributed by atoms with Crippen molar-refractivity contribution in [3.63, 3.8) is 0 Å². The maximum atomic E-state index is 12.2. The Bertz CT molecular complexity index is 901. The van der Waals surface area contributed by atoms with Crippen molar-refractivity contribution in [1.82, 2.24) is 15.2 Å². The summed E-state index contributed by atoms with van der Waals surface area (Å²) in [7, 11) is -2.22. The van der Waals surface area contributed by atoms with E-state index in [2.05, 4.69) is 27.0 Å². The van der Waals surface area contributed by atoms with Crippen molar-refractivity contribution in [3.8, 4) is 11.8 Å². The van der Waals surface area contributed by atoms with Crippen LogP contribution in [0.2, 0.25) is 0 Å². The zero-order valence-electron chi connectivity index (χ0n) is 13.5. The van der Waals surface area contributed by atoms with Gasteiger partial charge in [-0.15, -0.1) is 0 Å². The molecule has 0 radical (unpaired) electrons. The maximum Gasteiger partial charge on any atom is 0.252 e. The standard InChI is InChI=1S/C16H17N3O4S/c1-11-15(12(2)23-19-11)24(21,22)18-10-6-8-13-7-4-5-9-14(13)16(20)17-3/h4-5,7,9,18H,10H2,1-3H3,(H,17,20). The predicted octanol–water partition coefficient (Wildman–Crippen LogP) is 0.981. The van der Waals surface area contributed by atoms with Gasteiger partial charge in [0.1, 0.15) is 10.6 Å². The van der Waals surface area contributed by atoms with Crippen LogP contribution in [0.15, 0.2) is 33.7 Å². The zero-order valence-corrected chi connectivity index (χ0v) is 14.3. The molecule has 0 aliphatic rings. The van der Waals surface area contributed by atoms with Crippen molar-refractivity contribution in [1.29, 1.82) is 0 Å². The van der Waals surface area contributed by atoms with Crippen LogP contribution < -0.4 is 10.0 Å². The van der Waals surface area contributed by atoms with Gasteiger partial charge in [-0.3, -0.25) is 4.79 Å². The predicted molar refractivity (Wildman–Crippen MR) is 87.9 cm³/mol. The monoisotopic (exact) mass is 347 g/mol. The van der Waals surface area contributed by atoms with E-state index in [-0.39, 0.29) is 28.8 Å². The first-order valence-corrected chi connectivity index (χ1v) is 8.57. The Hall–Kier alpha value is -2.63. The number of rotatable bonds is 4. The number of hydrogen-bond acceptors (Lipinski definition) is 5. The van der Waals surface area contributed by atoms with Crippen LogP contribution in [0.25, 0.3) is 0 Å². The molecule has 0 saturated carbocycles. The summed E-state index contributed by atoms with van der Waals surface area (Å²) in [5.74, 6) is 5.47. The Morgan fingerprint density at radius 1 is 1.29 bits per heavy atom. The van der Waals surface area contributed by atoms with Gasteiger partial charge < -0.3 is 9.84 Å². The third-order valence-electron chi connectivity index (χ3n) is 3.21. The van der Waals surface area contributed by atoms with Gasteiger partial charge in [-0.05, 0) is 26.0 Å². The summed E-state index contributed by atoms with van der Waals surface area (Å²) in [5, 5.41) is 6.16. The van der Waals surface area contributed by atoms with E-state index in [4.69, 9.17) is 4.52 Å². The topological polar surface area (TPSA) is 101 Å². The number of benzene rings is 1. The van der Waals surface area contributed by atoms with Crippen molar-refractivity contribution in [2.45, 2.75) is 18.7 Å². The van der Waals surface area contributed by atoms with E-state index < -0.39 is 10.0 Å². The number of nitrogens with one attached hydrogen (secondary N) is 2. The fraction of sp³-hybridized carbons (Fsp3) is 0.250. The van der Waals surface area contributed by atoms with E-state index >= 15 is 0 Å². The van der Waals surface area contributed by atoms with Crippen molar-refractivity contribution in [3.05, 3.63) is 46.8 Å². The first-order valence-electron chi connectivity index (χ1n) is 7.09. The first-order chi connectivity index (χ1) is 11.4. The number of aromatic nitrogens is 1. The van der Waals surface area contributed by atoms with Gasteiger partial charge in [0.2, 0.25) is 10.0 Å². The molecule has 2 aromatic rings. The fourth-order valence-corrected chi connectivity index (χ4v) is 3.37. The van der Waals surface area contributed by atoms with Crippen LogP contribution in [0.3, 0.4) is 0 Å². The second kappa shape index (κ2) is 7.29.